The molecule has 0 bridgehead atoms. The Bertz CT molecular complexity index is 1670. The summed E-state index contributed by atoms with van der Waals surface area (Å²) in [6.45, 7) is 0. The van der Waals surface area contributed by atoms with E-state index in [2.05, 4.69) is 16.0 Å². The van der Waals surface area contributed by atoms with Crippen molar-refractivity contribution in [3.63, 3.8) is 0 Å². The molecule has 10 nitrogen and oxygen atoms in total. The molecule has 0 radical (unpaired) electrons. The molecule has 7 N–H and O–H groups in total. The predicted octanol–water partition coefficient (Wildman–Crippen LogP) is 4.67. The average molecular weight is 558 g/mol. The van der Waals surface area contributed by atoms with Gasteiger partial charge >= 0.3 is 12.0 Å². The first-order chi connectivity index (χ1) is 19.0. The summed E-state index contributed by atoms with van der Waals surface area (Å²) < 4.78 is 24.4. The molecule has 4 aromatic rings. The molecule has 0 aliphatic rings. The van der Waals surface area contributed by atoms with Crippen molar-refractivity contribution in [3.8, 4) is 11.1 Å². The Hall–Kier alpha value is -5.16. The van der Waals surface area contributed by atoms with E-state index in [9.17, 15) is 23.1 Å². The van der Waals surface area contributed by atoms with Crippen LogP contribution >= 0.6 is 0 Å². The Morgan fingerprint density at radius 2 is 1.52 bits per heavy atom. The minimum Gasteiger partial charge on any atom is -0.478 e. The zero-order chi connectivity index (χ0) is 28.9. The molecular weight excluding hydrogens is 530 g/mol. The number of urea groups is 1. The summed E-state index contributed by atoms with van der Waals surface area (Å²) in [6, 6.07) is 25.7. The van der Waals surface area contributed by atoms with Gasteiger partial charge in [-0.2, -0.15) is 0 Å². The highest BCUT2D eigenvalue weighted by Gasteiger charge is 2.17. The molecule has 0 spiro atoms. The van der Waals surface area contributed by atoms with Crippen molar-refractivity contribution in [3.05, 3.63) is 114 Å². The summed E-state index contributed by atoms with van der Waals surface area (Å²) in [5.41, 5.74) is 9.06. The number of benzene rings is 4. The van der Waals surface area contributed by atoms with Gasteiger partial charge in [-0.05, 0) is 53.6 Å². The lowest BCUT2D eigenvalue weighted by Gasteiger charge is -2.23. The Morgan fingerprint density at radius 3 is 2.15 bits per heavy atom. The van der Waals surface area contributed by atoms with Gasteiger partial charge in [-0.15, -0.1) is 0 Å². The highest BCUT2D eigenvalue weighted by atomic mass is 32.2. The standard InChI is InChI=1S/C29H27N5O5S/c1-40(38,39)25-8-3-2-7-24(25)18-13-15-22(16-14-18)33-29(37)34-27(19-9-11-20(12-10-19)28(35)36)32-23-6-4-5-21(17-23)26(30)31/h2-17,27,32H,1H3,(H3,30,31)(H,35,36)(H2,33,34,37). The van der Waals surface area contributed by atoms with Crippen LogP contribution in [0.4, 0.5) is 16.2 Å². The number of rotatable bonds is 9. The first-order valence-corrected chi connectivity index (χ1v) is 13.9. The topological polar surface area (TPSA) is 174 Å². The maximum atomic E-state index is 13.0. The van der Waals surface area contributed by atoms with Crippen molar-refractivity contribution >= 4 is 39.0 Å². The third-order valence-corrected chi connectivity index (χ3v) is 7.15. The number of sulfone groups is 1. The van der Waals surface area contributed by atoms with Crippen LogP contribution in [0, 0.1) is 5.41 Å². The second kappa shape index (κ2) is 11.7. The van der Waals surface area contributed by atoms with E-state index in [4.69, 9.17) is 11.1 Å². The number of carboxylic acids is 1. The van der Waals surface area contributed by atoms with Crippen LogP contribution in [0.25, 0.3) is 11.1 Å². The third kappa shape index (κ3) is 6.83. The number of aromatic carboxylic acids is 1. The van der Waals surface area contributed by atoms with Gasteiger partial charge in [-0.1, -0.05) is 54.6 Å². The van der Waals surface area contributed by atoms with Gasteiger partial charge in [0, 0.05) is 28.8 Å². The summed E-state index contributed by atoms with van der Waals surface area (Å²) in [5, 5.41) is 25.7. The molecule has 4 rings (SSSR count). The molecule has 0 aromatic heterocycles. The maximum absolute atomic E-state index is 13.0. The quantitative estimate of drug-likeness (QED) is 0.0984. The second-order valence-electron chi connectivity index (χ2n) is 8.94. The SMILES string of the molecule is CS(=O)(=O)c1ccccc1-c1ccc(NC(=O)NC(Nc2cccc(C(=N)N)c2)c2ccc(C(=O)O)cc2)cc1. The Kier molecular flexibility index (Phi) is 8.15. The Labute approximate surface area is 231 Å². The van der Waals surface area contributed by atoms with Gasteiger partial charge < -0.3 is 26.8 Å². The van der Waals surface area contributed by atoms with Gasteiger partial charge in [0.2, 0.25) is 0 Å². The van der Waals surface area contributed by atoms with Crippen molar-refractivity contribution in [2.24, 2.45) is 5.73 Å². The van der Waals surface area contributed by atoms with Crippen LogP contribution in [0.5, 0.6) is 0 Å². The monoisotopic (exact) mass is 557 g/mol. The highest BCUT2D eigenvalue weighted by molar-refractivity contribution is 7.90. The number of carbonyl (C=O) groups is 2. The van der Waals surface area contributed by atoms with E-state index in [1.165, 1.54) is 12.1 Å². The molecule has 0 saturated carbocycles. The molecule has 40 heavy (non-hydrogen) atoms. The third-order valence-electron chi connectivity index (χ3n) is 5.99. The number of hydrogen-bond donors (Lipinski definition) is 6. The molecular formula is C29H27N5O5S. The van der Waals surface area contributed by atoms with Gasteiger partial charge in [0.05, 0.1) is 10.5 Å². The largest absolute Gasteiger partial charge is 0.478 e. The van der Waals surface area contributed by atoms with E-state index >= 15 is 0 Å². The summed E-state index contributed by atoms with van der Waals surface area (Å²) in [7, 11) is -3.43. The Morgan fingerprint density at radius 1 is 0.850 bits per heavy atom. The van der Waals surface area contributed by atoms with E-state index in [0.29, 0.717) is 33.6 Å². The normalized spacial score (nSPS) is 11.7. The number of carboxylic acid groups (broad SMARTS) is 1. The van der Waals surface area contributed by atoms with Crippen molar-refractivity contribution in [1.82, 2.24) is 5.32 Å². The van der Waals surface area contributed by atoms with Crippen LogP contribution in [-0.2, 0) is 9.84 Å². The van der Waals surface area contributed by atoms with Gasteiger partial charge in [-0.25, -0.2) is 18.0 Å². The van der Waals surface area contributed by atoms with Crippen LogP contribution in [0.3, 0.4) is 0 Å². The molecule has 204 valence electrons. The van der Waals surface area contributed by atoms with Gasteiger partial charge in [0.15, 0.2) is 9.84 Å². The molecule has 0 saturated heterocycles. The molecule has 2 amide bonds. The smallest absolute Gasteiger partial charge is 0.335 e. The lowest BCUT2D eigenvalue weighted by molar-refractivity contribution is 0.0696. The van der Waals surface area contributed by atoms with Crippen LogP contribution in [0.1, 0.15) is 27.7 Å². The zero-order valence-corrected chi connectivity index (χ0v) is 22.2. The average Bonchev–Trinajstić information content (AvgIpc) is 2.93. The number of carbonyl (C=O) groups excluding carboxylic acids is 1. The minimum atomic E-state index is -3.43. The fourth-order valence-corrected chi connectivity index (χ4v) is 4.94. The lowest BCUT2D eigenvalue weighted by Crippen LogP contribution is -2.36. The van der Waals surface area contributed by atoms with Gasteiger partial charge in [0.1, 0.15) is 12.0 Å². The maximum Gasteiger partial charge on any atom is 0.335 e. The van der Waals surface area contributed by atoms with Crippen molar-refractivity contribution in [2.75, 3.05) is 16.9 Å². The molecule has 0 aliphatic carbocycles. The van der Waals surface area contributed by atoms with E-state index in [1.807, 2.05) is 0 Å². The van der Waals surface area contributed by atoms with Crippen LogP contribution in [0.15, 0.2) is 102 Å². The van der Waals surface area contributed by atoms with E-state index in [-0.39, 0.29) is 16.3 Å². The van der Waals surface area contributed by atoms with Gasteiger partial charge in [0.25, 0.3) is 0 Å². The molecule has 0 heterocycles. The number of nitrogen functional groups attached to an aromatic ring is 1. The predicted molar refractivity (Wildman–Crippen MR) is 154 cm³/mol. The molecule has 4 aromatic carbocycles. The fourth-order valence-electron chi connectivity index (χ4n) is 4.02. The molecule has 0 aliphatic heterocycles. The minimum absolute atomic E-state index is 0.100. The number of anilines is 2. The Balaban J connectivity index is 1.54. The summed E-state index contributed by atoms with van der Waals surface area (Å²) in [6.07, 6.45) is 0.383. The first-order valence-electron chi connectivity index (χ1n) is 12.0. The number of nitrogens with one attached hydrogen (secondary N) is 4. The molecule has 11 heteroatoms. The van der Waals surface area contributed by atoms with E-state index in [0.717, 1.165) is 6.26 Å². The van der Waals surface area contributed by atoms with Crippen molar-refractivity contribution < 1.29 is 23.1 Å². The lowest BCUT2D eigenvalue weighted by atomic mass is 10.1. The summed E-state index contributed by atoms with van der Waals surface area (Å²) in [5.74, 6) is -1.18. The molecule has 0 fully saturated rings. The zero-order valence-electron chi connectivity index (χ0n) is 21.4. The summed E-state index contributed by atoms with van der Waals surface area (Å²) in [4.78, 5) is 24.5. The number of amides is 2. The molecule has 1 unspecified atom stereocenters. The fraction of sp³-hybridized carbons (Fsp3) is 0.0690. The van der Waals surface area contributed by atoms with Crippen LogP contribution < -0.4 is 21.7 Å². The van der Waals surface area contributed by atoms with E-state index in [1.54, 1.807) is 84.9 Å². The second-order valence-corrected chi connectivity index (χ2v) is 10.9. The van der Waals surface area contributed by atoms with E-state index < -0.39 is 28.0 Å². The molecule has 1 atom stereocenters. The van der Waals surface area contributed by atoms with Crippen molar-refractivity contribution in [1.29, 1.82) is 5.41 Å². The highest BCUT2D eigenvalue weighted by Crippen LogP contribution is 2.28. The van der Waals surface area contributed by atoms with Crippen LogP contribution in [-0.4, -0.2) is 37.6 Å². The van der Waals surface area contributed by atoms with Crippen LogP contribution in [0.2, 0.25) is 0 Å². The van der Waals surface area contributed by atoms with Crippen molar-refractivity contribution in [2.45, 2.75) is 11.1 Å². The van der Waals surface area contributed by atoms with Gasteiger partial charge in [-0.3, -0.25) is 5.41 Å². The number of hydrogen-bond acceptors (Lipinski definition) is 6. The first kappa shape index (κ1) is 27.9. The summed E-state index contributed by atoms with van der Waals surface area (Å²) >= 11 is 0. The number of amidine groups is 1. The number of nitrogens with two attached hydrogens (primary N) is 1.